The maximum atomic E-state index is 5.49. The van der Waals surface area contributed by atoms with E-state index in [4.69, 9.17) is 5.73 Å². The molecule has 0 aliphatic carbocycles. The topological polar surface area (TPSA) is 26.0 Å². The number of nitrogens with two attached hydrogens (primary N) is 1. The second-order valence-electron chi connectivity index (χ2n) is 3.67. The number of thioether (sulfide) groups is 1. The minimum Gasteiger partial charge on any atom is -0.330 e. The number of rotatable bonds is 9. The van der Waals surface area contributed by atoms with Crippen LogP contribution in [0.15, 0.2) is 0 Å². The van der Waals surface area contributed by atoms with Crippen molar-refractivity contribution in [3.63, 3.8) is 0 Å². The normalized spacial score (nSPS) is 13.2. The fourth-order valence-corrected chi connectivity index (χ4v) is 2.38. The molecular formula is C11H25NS. The number of hydrogen-bond acceptors (Lipinski definition) is 2. The van der Waals surface area contributed by atoms with Crippen molar-refractivity contribution in [2.75, 3.05) is 12.3 Å². The van der Waals surface area contributed by atoms with Gasteiger partial charge in [-0.3, -0.25) is 0 Å². The first kappa shape index (κ1) is 13.3. The smallest absolute Gasteiger partial charge is 0.00307 e. The van der Waals surface area contributed by atoms with Crippen molar-refractivity contribution in [1.82, 2.24) is 0 Å². The molecule has 0 aliphatic heterocycles. The average Bonchev–Trinajstić information content (AvgIpc) is 2.11. The Morgan fingerprint density at radius 2 is 1.85 bits per heavy atom. The summed E-state index contributed by atoms with van der Waals surface area (Å²) in [5.74, 6) is 1.32. The van der Waals surface area contributed by atoms with Crippen LogP contribution in [0.25, 0.3) is 0 Å². The second-order valence-corrected chi connectivity index (χ2v) is 5.22. The standard InChI is InChI=1S/C11H25NS/c1-3-4-5-6-7-10-13-11(2)8-9-12/h11H,3-10,12H2,1-2H3. The molecule has 0 saturated carbocycles. The van der Waals surface area contributed by atoms with Crippen LogP contribution in [-0.2, 0) is 0 Å². The molecule has 0 radical (unpaired) electrons. The van der Waals surface area contributed by atoms with Gasteiger partial charge in [-0.25, -0.2) is 0 Å². The molecule has 0 rings (SSSR count). The van der Waals surface area contributed by atoms with Gasteiger partial charge in [0.15, 0.2) is 0 Å². The van der Waals surface area contributed by atoms with Gasteiger partial charge in [0, 0.05) is 5.25 Å². The Kier molecular flexibility index (Phi) is 10.6. The first-order chi connectivity index (χ1) is 6.31. The fourth-order valence-electron chi connectivity index (χ4n) is 1.31. The molecule has 0 amide bonds. The van der Waals surface area contributed by atoms with E-state index < -0.39 is 0 Å². The molecular weight excluding hydrogens is 178 g/mol. The summed E-state index contributed by atoms with van der Waals surface area (Å²) < 4.78 is 0. The van der Waals surface area contributed by atoms with Gasteiger partial charge in [-0.15, -0.1) is 0 Å². The van der Waals surface area contributed by atoms with Gasteiger partial charge in [-0.1, -0.05) is 39.5 Å². The third-order valence-electron chi connectivity index (χ3n) is 2.22. The fraction of sp³-hybridized carbons (Fsp3) is 1.00. The van der Waals surface area contributed by atoms with Crippen LogP contribution in [0.3, 0.4) is 0 Å². The zero-order valence-electron chi connectivity index (χ0n) is 9.22. The molecule has 1 atom stereocenters. The summed E-state index contributed by atoms with van der Waals surface area (Å²) in [6, 6.07) is 0. The monoisotopic (exact) mass is 203 g/mol. The third kappa shape index (κ3) is 10.2. The Labute approximate surface area is 87.9 Å². The second kappa shape index (κ2) is 10.4. The zero-order chi connectivity index (χ0) is 9.94. The Hall–Kier alpha value is 0.310. The van der Waals surface area contributed by atoms with Crippen LogP contribution >= 0.6 is 11.8 Å². The SMILES string of the molecule is CCCCCCCSC(C)CCN. The van der Waals surface area contributed by atoms with Gasteiger partial charge >= 0.3 is 0 Å². The molecule has 13 heavy (non-hydrogen) atoms. The van der Waals surface area contributed by atoms with E-state index >= 15 is 0 Å². The van der Waals surface area contributed by atoms with Gasteiger partial charge < -0.3 is 5.73 Å². The Bertz CT molecular complexity index is 96.1. The molecule has 0 aromatic carbocycles. The van der Waals surface area contributed by atoms with Gasteiger partial charge in [-0.05, 0) is 25.1 Å². The van der Waals surface area contributed by atoms with E-state index in [0.29, 0.717) is 0 Å². The highest BCUT2D eigenvalue weighted by Gasteiger charge is 1.99. The highest BCUT2D eigenvalue weighted by molar-refractivity contribution is 7.99. The first-order valence-electron chi connectivity index (χ1n) is 5.63. The van der Waals surface area contributed by atoms with Crippen molar-refractivity contribution in [3.8, 4) is 0 Å². The Balaban J connectivity index is 2.97. The number of unbranched alkanes of at least 4 members (excludes halogenated alkanes) is 4. The minimum absolute atomic E-state index is 0.760. The van der Waals surface area contributed by atoms with Crippen molar-refractivity contribution >= 4 is 11.8 Å². The quantitative estimate of drug-likeness (QED) is 0.581. The summed E-state index contributed by atoms with van der Waals surface area (Å²) in [5, 5.41) is 0.760. The van der Waals surface area contributed by atoms with E-state index in [2.05, 4.69) is 25.6 Å². The minimum atomic E-state index is 0.760. The lowest BCUT2D eigenvalue weighted by Gasteiger charge is -2.08. The molecule has 0 aliphatic rings. The van der Waals surface area contributed by atoms with Gasteiger partial charge in [0.05, 0.1) is 0 Å². The van der Waals surface area contributed by atoms with Crippen molar-refractivity contribution in [2.24, 2.45) is 5.73 Å². The predicted molar refractivity (Wildman–Crippen MR) is 64.4 cm³/mol. The summed E-state index contributed by atoms with van der Waals surface area (Å²) in [4.78, 5) is 0. The van der Waals surface area contributed by atoms with Crippen molar-refractivity contribution in [3.05, 3.63) is 0 Å². The molecule has 2 N–H and O–H groups in total. The number of hydrogen-bond donors (Lipinski definition) is 1. The van der Waals surface area contributed by atoms with Crippen LogP contribution < -0.4 is 5.73 Å². The van der Waals surface area contributed by atoms with Crippen molar-refractivity contribution < 1.29 is 0 Å². The van der Waals surface area contributed by atoms with Crippen molar-refractivity contribution in [1.29, 1.82) is 0 Å². The molecule has 80 valence electrons. The van der Waals surface area contributed by atoms with Gasteiger partial charge in [0.1, 0.15) is 0 Å². The van der Waals surface area contributed by atoms with Crippen LogP contribution in [0.4, 0.5) is 0 Å². The van der Waals surface area contributed by atoms with Gasteiger partial charge in [-0.2, -0.15) is 11.8 Å². The average molecular weight is 203 g/mol. The molecule has 0 spiro atoms. The molecule has 0 aromatic rings. The predicted octanol–water partition coefficient (Wildman–Crippen LogP) is 3.43. The highest BCUT2D eigenvalue weighted by atomic mass is 32.2. The van der Waals surface area contributed by atoms with Crippen LogP contribution in [-0.4, -0.2) is 17.5 Å². The van der Waals surface area contributed by atoms with Crippen LogP contribution in [0.1, 0.15) is 52.4 Å². The first-order valence-corrected chi connectivity index (χ1v) is 6.67. The summed E-state index contributed by atoms with van der Waals surface area (Å²) in [5.41, 5.74) is 5.49. The molecule has 0 bridgehead atoms. The molecule has 0 heterocycles. The van der Waals surface area contributed by atoms with Crippen LogP contribution in [0, 0.1) is 0 Å². The molecule has 1 nitrogen and oxygen atoms in total. The van der Waals surface area contributed by atoms with E-state index in [1.54, 1.807) is 0 Å². The lowest BCUT2D eigenvalue weighted by molar-refractivity contribution is 0.658. The lowest BCUT2D eigenvalue weighted by Crippen LogP contribution is -2.07. The highest BCUT2D eigenvalue weighted by Crippen LogP contribution is 2.16. The lowest BCUT2D eigenvalue weighted by atomic mass is 10.2. The Morgan fingerprint density at radius 1 is 1.15 bits per heavy atom. The molecule has 2 heteroatoms. The van der Waals surface area contributed by atoms with E-state index in [0.717, 1.165) is 11.8 Å². The van der Waals surface area contributed by atoms with E-state index in [9.17, 15) is 0 Å². The van der Waals surface area contributed by atoms with Gasteiger partial charge in [0.25, 0.3) is 0 Å². The van der Waals surface area contributed by atoms with E-state index in [-0.39, 0.29) is 0 Å². The molecule has 0 aromatic heterocycles. The molecule has 1 unspecified atom stereocenters. The van der Waals surface area contributed by atoms with Crippen LogP contribution in [0.5, 0.6) is 0 Å². The van der Waals surface area contributed by atoms with E-state index in [1.807, 2.05) is 0 Å². The Morgan fingerprint density at radius 3 is 2.46 bits per heavy atom. The summed E-state index contributed by atoms with van der Waals surface area (Å²) in [6.45, 7) is 5.38. The summed E-state index contributed by atoms with van der Waals surface area (Å²) >= 11 is 2.08. The summed E-state index contributed by atoms with van der Waals surface area (Å²) in [7, 11) is 0. The van der Waals surface area contributed by atoms with E-state index in [1.165, 1.54) is 44.3 Å². The molecule has 0 fully saturated rings. The molecule has 0 saturated heterocycles. The van der Waals surface area contributed by atoms with Crippen LogP contribution in [0.2, 0.25) is 0 Å². The maximum Gasteiger partial charge on any atom is 0.00307 e. The van der Waals surface area contributed by atoms with Gasteiger partial charge in [0.2, 0.25) is 0 Å². The largest absolute Gasteiger partial charge is 0.330 e. The summed E-state index contributed by atoms with van der Waals surface area (Å²) in [6.07, 6.45) is 8.14. The third-order valence-corrected chi connectivity index (χ3v) is 3.55. The van der Waals surface area contributed by atoms with Crippen molar-refractivity contribution in [2.45, 2.75) is 57.6 Å². The zero-order valence-corrected chi connectivity index (χ0v) is 10.0. The maximum absolute atomic E-state index is 5.49.